The van der Waals surface area contributed by atoms with Gasteiger partial charge in [-0.1, -0.05) is 18.2 Å². The highest BCUT2D eigenvalue weighted by atomic mass is 32.2. The van der Waals surface area contributed by atoms with Gasteiger partial charge in [0, 0.05) is 24.7 Å². The topological polar surface area (TPSA) is 92.3 Å². The second-order valence-corrected chi connectivity index (χ2v) is 9.74. The zero-order valence-electron chi connectivity index (χ0n) is 16.3. The van der Waals surface area contributed by atoms with Crippen molar-refractivity contribution in [2.75, 3.05) is 18.4 Å². The number of nitrogens with one attached hydrogen (secondary N) is 1. The van der Waals surface area contributed by atoms with Gasteiger partial charge in [0.05, 0.1) is 11.7 Å². The van der Waals surface area contributed by atoms with Gasteiger partial charge in [0.2, 0.25) is 15.9 Å². The van der Waals surface area contributed by atoms with Gasteiger partial charge in [0.1, 0.15) is 15.9 Å². The number of amides is 1. The summed E-state index contributed by atoms with van der Waals surface area (Å²) in [6.07, 6.45) is 0.975. The van der Waals surface area contributed by atoms with Crippen molar-refractivity contribution in [2.45, 2.75) is 31.6 Å². The number of hydrogen-bond acceptors (Lipinski definition) is 6. The Morgan fingerprint density at radius 3 is 2.59 bits per heavy atom. The van der Waals surface area contributed by atoms with Crippen molar-refractivity contribution in [3.63, 3.8) is 0 Å². The number of carbonyl (C=O) groups excluding carboxylic acids is 1. The minimum Gasteiger partial charge on any atom is -0.326 e. The first-order valence-electron chi connectivity index (χ1n) is 9.46. The molecule has 2 heterocycles. The summed E-state index contributed by atoms with van der Waals surface area (Å²) >= 11 is 1.00. The van der Waals surface area contributed by atoms with Crippen LogP contribution >= 0.6 is 11.7 Å². The first-order valence-corrected chi connectivity index (χ1v) is 11.6. The summed E-state index contributed by atoms with van der Waals surface area (Å²) < 4.78 is 35.9. The molecule has 1 aliphatic heterocycles. The van der Waals surface area contributed by atoms with Crippen molar-refractivity contribution in [1.29, 1.82) is 0 Å². The van der Waals surface area contributed by atoms with Crippen LogP contribution in [-0.4, -0.2) is 40.5 Å². The molecule has 0 atom stereocenters. The number of carbonyl (C=O) groups is 1. The van der Waals surface area contributed by atoms with Crippen LogP contribution in [-0.2, 0) is 14.8 Å². The maximum Gasteiger partial charge on any atom is 0.245 e. The van der Waals surface area contributed by atoms with E-state index in [-0.39, 0.29) is 16.7 Å². The van der Waals surface area contributed by atoms with Gasteiger partial charge < -0.3 is 5.32 Å². The van der Waals surface area contributed by atoms with Crippen LogP contribution < -0.4 is 5.32 Å². The van der Waals surface area contributed by atoms with Crippen molar-refractivity contribution in [1.82, 2.24) is 13.1 Å². The molecule has 2 aromatic carbocycles. The maximum atomic E-state index is 13.1. The molecule has 3 aromatic rings. The van der Waals surface area contributed by atoms with E-state index in [1.54, 1.807) is 18.2 Å². The largest absolute Gasteiger partial charge is 0.326 e. The Hall–Kier alpha value is -2.36. The summed E-state index contributed by atoms with van der Waals surface area (Å²) in [5, 5.41) is 3.00. The first-order chi connectivity index (χ1) is 13.9. The molecule has 29 heavy (non-hydrogen) atoms. The fourth-order valence-corrected chi connectivity index (χ4v) is 5.83. The molecule has 1 fully saturated rings. The number of aromatic nitrogens is 2. The Kier molecular flexibility index (Phi) is 5.37. The lowest BCUT2D eigenvalue weighted by molar-refractivity contribution is -0.120. The summed E-state index contributed by atoms with van der Waals surface area (Å²) in [6, 6.07) is 10.8. The Bertz CT molecular complexity index is 1170. The molecular weight excluding hydrogens is 408 g/mol. The number of anilines is 1. The second kappa shape index (κ2) is 7.81. The van der Waals surface area contributed by atoms with Crippen LogP contribution in [0.3, 0.4) is 0 Å². The van der Waals surface area contributed by atoms with Gasteiger partial charge in [-0.2, -0.15) is 13.1 Å². The van der Waals surface area contributed by atoms with Gasteiger partial charge in [-0.15, -0.1) is 0 Å². The maximum absolute atomic E-state index is 13.1. The van der Waals surface area contributed by atoms with E-state index in [0.717, 1.165) is 28.5 Å². The monoisotopic (exact) mass is 430 g/mol. The third kappa shape index (κ3) is 3.77. The summed E-state index contributed by atoms with van der Waals surface area (Å²) in [4.78, 5) is 12.9. The highest BCUT2D eigenvalue weighted by Gasteiger charge is 2.33. The van der Waals surface area contributed by atoms with E-state index in [2.05, 4.69) is 14.1 Å². The predicted molar refractivity (Wildman–Crippen MR) is 113 cm³/mol. The van der Waals surface area contributed by atoms with Crippen LogP contribution in [0.15, 0.2) is 41.3 Å². The van der Waals surface area contributed by atoms with Crippen molar-refractivity contribution in [2.24, 2.45) is 5.92 Å². The Morgan fingerprint density at radius 1 is 1.10 bits per heavy atom. The molecule has 1 amide bonds. The highest BCUT2D eigenvalue weighted by Crippen LogP contribution is 2.29. The number of nitrogens with zero attached hydrogens (tertiary/aromatic N) is 3. The van der Waals surface area contributed by atoms with E-state index in [1.165, 1.54) is 4.31 Å². The van der Waals surface area contributed by atoms with E-state index in [1.807, 2.05) is 32.0 Å². The average Bonchev–Trinajstić information content (AvgIpc) is 3.20. The van der Waals surface area contributed by atoms with Crippen LogP contribution in [0.5, 0.6) is 0 Å². The van der Waals surface area contributed by atoms with Gasteiger partial charge in [0.15, 0.2) is 0 Å². The standard InChI is InChI=1S/C20H22N4O3S2/c1-13-5-3-6-16(14(13)2)21-20(25)15-9-11-24(12-10-15)29(26,27)18-8-4-7-17-19(18)23-28-22-17/h3-8,15H,9-12H2,1-2H3,(H,21,25). The SMILES string of the molecule is Cc1cccc(NC(=O)C2CCN(S(=O)(=O)c3cccc4nsnc34)CC2)c1C. The number of fused-ring (bicyclic) bond motifs is 1. The molecule has 1 N–H and O–H groups in total. The molecule has 152 valence electrons. The third-order valence-corrected chi connectivity index (χ3v) is 8.03. The number of benzene rings is 2. The molecule has 0 saturated carbocycles. The lowest BCUT2D eigenvalue weighted by Crippen LogP contribution is -2.41. The quantitative estimate of drug-likeness (QED) is 0.685. The summed E-state index contributed by atoms with van der Waals surface area (Å²) in [6.45, 7) is 4.60. The zero-order chi connectivity index (χ0) is 20.6. The van der Waals surface area contributed by atoms with Crippen molar-refractivity contribution >= 4 is 44.4 Å². The molecule has 0 aliphatic carbocycles. The average molecular weight is 431 g/mol. The van der Waals surface area contributed by atoms with Gasteiger partial charge in [-0.05, 0) is 56.0 Å². The molecule has 4 rings (SSSR count). The fourth-order valence-electron chi connectivity index (χ4n) is 3.61. The smallest absolute Gasteiger partial charge is 0.245 e. The molecule has 0 unspecified atom stereocenters. The Morgan fingerprint density at radius 2 is 1.83 bits per heavy atom. The number of piperidine rings is 1. The summed E-state index contributed by atoms with van der Waals surface area (Å²) in [7, 11) is -3.67. The number of rotatable bonds is 4. The Labute approximate surface area is 174 Å². The van der Waals surface area contributed by atoms with Crippen LogP contribution in [0.2, 0.25) is 0 Å². The van der Waals surface area contributed by atoms with Crippen LogP contribution in [0, 0.1) is 19.8 Å². The van der Waals surface area contributed by atoms with E-state index in [9.17, 15) is 13.2 Å². The van der Waals surface area contributed by atoms with Crippen molar-refractivity contribution < 1.29 is 13.2 Å². The van der Waals surface area contributed by atoms with Crippen LogP contribution in [0.25, 0.3) is 11.0 Å². The lowest BCUT2D eigenvalue weighted by atomic mass is 9.97. The molecule has 9 heteroatoms. The summed E-state index contributed by atoms with van der Waals surface area (Å²) in [5.74, 6) is -0.264. The molecule has 7 nitrogen and oxygen atoms in total. The molecular formula is C20H22N4O3S2. The van der Waals surface area contributed by atoms with E-state index in [4.69, 9.17) is 0 Å². The summed E-state index contributed by atoms with van der Waals surface area (Å²) in [5.41, 5.74) is 3.97. The Balaban J connectivity index is 1.46. The van der Waals surface area contributed by atoms with Crippen molar-refractivity contribution in [3.8, 4) is 0 Å². The van der Waals surface area contributed by atoms with Gasteiger partial charge in [-0.3, -0.25) is 4.79 Å². The van der Waals surface area contributed by atoms with Gasteiger partial charge >= 0.3 is 0 Å². The third-order valence-electron chi connectivity index (χ3n) is 5.55. The van der Waals surface area contributed by atoms with E-state index < -0.39 is 10.0 Å². The number of hydrogen-bond donors (Lipinski definition) is 1. The van der Waals surface area contributed by atoms with E-state index >= 15 is 0 Å². The van der Waals surface area contributed by atoms with Crippen molar-refractivity contribution in [3.05, 3.63) is 47.5 Å². The van der Waals surface area contributed by atoms with Gasteiger partial charge in [0.25, 0.3) is 0 Å². The minimum absolute atomic E-state index is 0.0541. The lowest BCUT2D eigenvalue weighted by Gasteiger charge is -2.30. The molecule has 1 aliphatic rings. The fraction of sp³-hybridized carbons (Fsp3) is 0.350. The minimum atomic E-state index is -3.67. The molecule has 1 saturated heterocycles. The highest BCUT2D eigenvalue weighted by molar-refractivity contribution is 7.89. The second-order valence-electron chi connectivity index (χ2n) is 7.30. The van der Waals surface area contributed by atoms with Gasteiger partial charge in [-0.25, -0.2) is 8.42 Å². The molecule has 0 bridgehead atoms. The normalized spacial score (nSPS) is 16.2. The van der Waals surface area contributed by atoms with E-state index in [0.29, 0.717) is 37.0 Å². The first kappa shape index (κ1) is 19.9. The zero-order valence-corrected chi connectivity index (χ0v) is 17.9. The molecule has 0 radical (unpaired) electrons. The number of aryl methyl sites for hydroxylation is 1. The predicted octanol–water partition coefficient (Wildman–Crippen LogP) is 3.35. The van der Waals surface area contributed by atoms with Crippen LogP contribution in [0.4, 0.5) is 5.69 Å². The number of sulfonamides is 1. The molecule has 1 aromatic heterocycles. The van der Waals surface area contributed by atoms with Crippen LogP contribution in [0.1, 0.15) is 24.0 Å². The molecule has 0 spiro atoms.